The van der Waals surface area contributed by atoms with E-state index >= 15 is 0 Å². The fraction of sp³-hybridized carbons (Fsp3) is 0.333. The van der Waals surface area contributed by atoms with Crippen LogP contribution in [0.5, 0.6) is 0 Å². The van der Waals surface area contributed by atoms with Gasteiger partial charge in [-0.1, -0.05) is 0 Å². The molecule has 0 atom stereocenters. The largest absolute Gasteiger partial charge is 0.348 e. The number of halogens is 2. The Hall–Kier alpha value is -0.970. The first-order chi connectivity index (χ1) is 6.66. The van der Waals surface area contributed by atoms with Gasteiger partial charge in [0.15, 0.2) is 5.82 Å². The Morgan fingerprint density at radius 2 is 2.29 bits per heavy atom. The Bertz CT molecular complexity index is 379. The third-order valence-electron chi connectivity index (χ3n) is 1.95. The number of pyridine rings is 1. The number of rotatable bonds is 2. The number of amides is 1. The molecule has 2 rings (SSSR count). The van der Waals surface area contributed by atoms with Crippen molar-refractivity contribution in [1.29, 1.82) is 0 Å². The Labute approximate surface area is 88.8 Å². The van der Waals surface area contributed by atoms with Crippen LogP contribution in [0.2, 0.25) is 0 Å². The lowest BCUT2D eigenvalue weighted by atomic mass is 10.3. The molecule has 0 aromatic carbocycles. The second-order valence-corrected chi connectivity index (χ2v) is 3.97. The summed E-state index contributed by atoms with van der Waals surface area (Å²) in [5.74, 6) is -0.707. The van der Waals surface area contributed by atoms with Gasteiger partial charge in [-0.3, -0.25) is 4.79 Å². The first kappa shape index (κ1) is 9.58. The fourth-order valence-electron chi connectivity index (χ4n) is 1.03. The summed E-state index contributed by atoms with van der Waals surface area (Å²) in [4.78, 5) is 15.2. The topological polar surface area (TPSA) is 42.0 Å². The lowest BCUT2D eigenvalue weighted by Crippen LogP contribution is -2.26. The number of carbonyl (C=O) groups excluding carboxylic acids is 1. The van der Waals surface area contributed by atoms with E-state index in [1.807, 2.05) is 0 Å². The van der Waals surface area contributed by atoms with Crippen molar-refractivity contribution in [2.45, 2.75) is 18.9 Å². The van der Waals surface area contributed by atoms with Crippen LogP contribution < -0.4 is 5.32 Å². The molecule has 0 unspecified atom stereocenters. The van der Waals surface area contributed by atoms with Gasteiger partial charge in [-0.05, 0) is 40.9 Å². The predicted molar refractivity (Wildman–Crippen MR) is 52.4 cm³/mol. The average molecular weight is 259 g/mol. The molecule has 1 aliphatic carbocycles. The maximum Gasteiger partial charge on any atom is 0.270 e. The summed E-state index contributed by atoms with van der Waals surface area (Å²) in [6, 6.07) is 2.88. The van der Waals surface area contributed by atoms with Crippen molar-refractivity contribution in [1.82, 2.24) is 10.3 Å². The minimum atomic E-state index is -0.465. The van der Waals surface area contributed by atoms with Crippen molar-refractivity contribution in [3.63, 3.8) is 0 Å². The molecule has 1 aromatic rings. The third kappa shape index (κ3) is 2.09. The second-order valence-electron chi connectivity index (χ2n) is 3.22. The summed E-state index contributed by atoms with van der Waals surface area (Å²) in [7, 11) is 0. The van der Waals surface area contributed by atoms with E-state index < -0.39 is 5.82 Å². The van der Waals surface area contributed by atoms with Gasteiger partial charge in [0.05, 0.1) is 0 Å². The first-order valence-electron chi connectivity index (χ1n) is 4.30. The van der Waals surface area contributed by atoms with Gasteiger partial charge in [-0.15, -0.1) is 0 Å². The van der Waals surface area contributed by atoms with Gasteiger partial charge in [0.1, 0.15) is 10.3 Å². The van der Waals surface area contributed by atoms with E-state index in [-0.39, 0.29) is 22.2 Å². The average Bonchev–Trinajstić information content (AvgIpc) is 2.93. The molecule has 3 nitrogen and oxygen atoms in total. The van der Waals surface area contributed by atoms with Gasteiger partial charge < -0.3 is 5.32 Å². The number of hydrogen-bond acceptors (Lipinski definition) is 2. The van der Waals surface area contributed by atoms with Gasteiger partial charge in [-0.2, -0.15) is 0 Å². The highest BCUT2D eigenvalue weighted by Gasteiger charge is 2.24. The third-order valence-corrected chi connectivity index (χ3v) is 2.50. The molecule has 14 heavy (non-hydrogen) atoms. The highest BCUT2D eigenvalue weighted by Crippen LogP contribution is 2.19. The van der Waals surface area contributed by atoms with E-state index in [9.17, 15) is 9.18 Å². The zero-order valence-electron chi connectivity index (χ0n) is 7.26. The number of nitrogens with zero attached hydrogens (tertiary/aromatic N) is 1. The Morgan fingerprint density at radius 1 is 1.57 bits per heavy atom. The van der Waals surface area contributed by atoms with Crippen LogP contribution in [0.4, 0.5) is 4.39 Å². The Morgan fingerprint density at radius 3 is 2.86 bits per heavy atom. The van der Waals surface area contributed by atoms with Crippen LogP contribution in [-0.2, 0) is 0 Å². The molecule has 0 spiro atoms. The lowest BCUT2D eigenvalue weighted by molar-refractivity contribution is 0.0946. The molecule has 0 saturated heterocycles. The van der Waals surface area contributed by atoms with Crippen molar-refractivity contribution in [3.8, 4) is 0 Å². The Kier molecular flexibility index (Phi) is 2.50. The van der Waals surface area contributed by atoms with E-state index in [2.05, 4.69) is 26.2 Å². The number of aromatic nitrogens is 1. The minimum absolute atomic E-state index is 0.0703. The van der Waals surface area contributed by atoms with Gasteiger partial charge in [0.2, 0.25) is 0 Å². The number of nitrogens with one attached hydrogen (secondary N) is 1. The summed E-state index contributed by atoms with van der Waals surface area (Å²) in [5, 5.41) is 2.77. The lowest BCUT2D eigenvalue weighted by Gasteiger charge is -2.02. The normalized spacial score (nSPS) is 15.3. The highest BCUT2D eigenvalue weighted by atomic mass is 79.9. The quantitative estimate of drug-likeness (QED) is 0.824. The van der Waals surface area contributed by atoms with Gasteiger partial charge >= 0.3 is 0 Å². The van der Waals surface area contributed by atoms with Crippen molar-refractivity contribution < 1.29 is 9.18 Å². The predicted octanol–water partition coefficient (Wildman–Crippen LogP) is 1.88. The summed E-state index contributed by atoms with van der Waals surface area (Å²) in [5.41, 5.74) is 0.241. The molecule has 0 aliphatic heterocycles. The molecule has 1 fully saturated rings. The molecule has 5 heteroatoms. The summed E-state index contributed by atoms with van der Waals surface area (Å²) in [6.07, 6.45) is 2.04. The van der Waals surface area contributed by atoms with Crippen molar-refractivity contribution in [2.75, 3.05) is 0 Å². The molecule has 0 bridgehead atoms. The van der Waals surface area contributed by atoms with Crippen molar-refractivity contribution in [3.05, 3.63) is 28.2 Å². The fourth-order valence-corrected chi connectivity index (χ4v) is 1.35. The zero-order valence-corrected chi connectivity index (χ0v) is 8.84. The maximum absolute atomic E-state index is 12.8. The molecule has 1 aromatic heterocycles. The summed E-state index contributed by atoms with van der Waals surface area (Å²) in [6.45, 7) is 0. The minimum Gasteiger partial charge on any atom is -0.348 e. The van der Waals surface area contributed by atoms with E-state index in [4.69, 9.17) is 0 Å². The monoisotopic (exact) mass is 258 g/mol. The Balaban J connectivity index is 2.14. The smallest absolute Gasteiger partial charge is 0.270 e. The first-order valence-corrected chi connectivity index (χ1v) is 5.09. The van der Waals surface area contributed by atoms with Crippen LogP contribution >= 0.6 is 15.9 Å². The molecule has 1 heterocycles. The van der Waals surface area contributed by atoms with Crippen LogP contribution in [0.3, 0.4) is 0 Å². The van der Waals surface area contributed by atoms with Gasteiger partial charge in [0.25, 0.3) is 5.91 Å². The van der Waals surface area contributed by atoms with Crippen LogP contribution in [-0.4, -0.2) is 16.9 Å². The highest BCUT2D eigenvalue weighted by molar-refractivity contribution is 9.10. The standard InChI is InChI=1S/C9H8BrFN2O/c10-8-6(11)3-4-7(13-8)9(14)12-5-1-2-5/h3-5H,1-2H2,(H,12,14). The van der Waals surface area contributed by atoms with E-state index in [0.717, 1.165) is 12.8 Å². The van der Waals surface area contributed by atoms with Crippen LogP contribution in [0.1, 0.15) is 23.3 Å². The van der Waals surface area contributed by atoms with Gasteiger partial charge in [-0.25, -0.2) is 9.37 Å². The molecule has 1 amide bonds. The zero-order chi connectivity index (χ0) is 10.1. The van der Waals surface area contributed by atoms with Crippen LogP contribution in [0.25, 0.3) is 0 Å². The molecular formula is C9H8BrFN2O. The molecule has 1 aliphatic rings. The van der Waals surface area contributed by atoms with E-state index in [1.165, 1.54) is 12.1 Å². The van der Waals surface area contributed by atoms with E-state index in [1.54, 1.807) is 0 Å². The molecule has 0 radical (unpaired) electrons. The SMILES string of the molecule is O=C(NC1CC1)c1ccc(F)c(Br)n1. The van der Waals surface area contributed by atoms with Crippen LogP contribution in [0.15, 0.2) is 16.7 Å². The number of carbonyl (C=O) groups is 1. The van der Waals surface area contributed by atoms with E-state index in [0.29, 0.717) is 0 Å². The van der Waals surface area contributed by atoms with Crippen molar-refractivity contribution >= 4 is 21.8 Å². The molecule has 74 valence electrons. The van der Waals surface area contributed by atoms with Gasteiger partial charge in [0, 0.05) is 6.04 Å². The summed E-state index contributed by atoms with van der Waals surface area (Å²) >= 11 is 2.93. The van der Waals surface area contributed by atoms with Crippen LogP contribution in [0, 0.1) is 5.82 Å². The molecule has 1 saturated carbocycles. The van der Waals surface area contributed by atoms with Crippen molar-refractivity contribution in [2.24, 2.45) is 0 Å². The molecular weight excluding hydrogens is 251 g/mol. The maximum atomic E-state index is 12.8. The second kappa shape index (κ2) is 3.65. The molecule has 1 N–H and O–H groups in total. The number of hydrogen-bond donors (Lipinski definition) is 1. The summed E-state index contributed by atoms with van der Waals surface area (Å²) < 4.78 is 12.9.